The molecule has 0 heterocycles. The molecule has 0 saturated heterocycles. The van der Waals surface area contributed by atoms with Crippen molar-refractivity contribution in [3.63, 3.8) is 0 Å². The van der Waals surface area contributed by atoms with Gasteiger partial charge in [0.2, 0.25) is 0 Å². The van der Waals surface area contributed by atoms with Crippen molar-refractivity contribution in [1.29, 1.82) is 0 Å². The van der Waals surface area contributed by atoms with Gasteiger partial charge in [-0.05, 0) is 38.0 Å². The van der Waals surface area contributed by atoms with Gasteiger partial charge in [0.05, 0.1) is 0 Å². The third-order valence-electron chi connectivity index (χ3n) is 3.95. The Kier molecular flexibility index (Phi) is 5.66. The third-order valence-corrected chi connectivity index (χ3v) is 6.23. The second kappa shape index (κ2) is 7.09. The Bertz CT molecular complexity index is 840. The summed E-state index contributed by atoms with van der Waals surface area (Å²) < 4.78 is 29.3. The molecule has 0 radical (unpaired) electrons. The van der Waals surface area contributed by atoms with Gasteiger partial charge >= 0.3 is 10.1 Å². The molecule has 2 rings (SSSR count). The predicted molar refractivity (Wildman–Crippen MR) is 98.7 cm³/mol. The van der Waals surface area contributed by atoms with Crippen LogP contribution in [0.3, 0.4) is 0 Å². The van der Waals surface area contributed by atoms with Crippen LogP contribution in [-0.2, 0) is 19.2 Å². The summed E-state index contributed by atoms with van der Waals surface area (Å²) in [7, 11) is -4.10. The number of nitrogens with zero attached hydrogens (tertiary/aromatic N) is 1. The highest BCUT2D eigenvalue weighted by Crippen LogP contribution is 2.35. The summed E-state index contributed by atoms with van der Waals surface area (Å²) in [5, 5.41) is 2.64. The molecule has 8 heteroatoms. The minimum atomic E-state index is -4.10. The lowest BCUT2D eigenvalue weighted by atomic mass is 9.82. The maximum atomic E-state index is 12.3. The van der Waals surface area contributed by atoms with Crippen molar-refractivity contribution in [3.8, 4) is 0 Å². The van der Waals surface area contributed by atoms with Gasteiger partial charge in [0.15, 0.2) is 5.78 Å². The summed E-state index contributed by atoms with van der Waals surface area (Å²) in [6, 6.07) is 6.16. The fourth-order valence-electron chi connectivity index (χ4n) is 2.29. The number of Topliss-reactive ketones (excluding diaryl/α,β-unsaturated/α-hetero) is 1. The molecule has 0 amide bonds. The average Bonchev–Trinajstić information content (AvgIpc) is 2.52. The Morgan fingerprint density at radius 3 is 2.32 bits per heavy atom. The zero-order valence-corrected chi connectivity index (χ0v) is 16.6. The number of hydrogen-bond acceptors (Lipinski definition) is 5. The largest absolute Gasteiger partial charge is 0.358 e. The maximum absolute atomic E-state index is 12.3. The lowest BCUT2D eigenvalue weighted by molar-refractivity contribution is -0.116. The van der Waals surface area contributed by atoms with E-state index in [4.69, 9.17) is 27.5 Å². The number of benzene rings is 1. The average molecular weight is 404 g/mol. The zero-order valence-electron chi connectivity index (χ0n) is 14.3. The number of hydrogen-bond donors (Lipinski definition) is 0. The van der Waals surface area contributed by atoms with Crippen LogP contribution in [0.4, 0.5) is 0 Å². The van der Waals surface area contributed by atoms with Crippen molar-refractivity contribution < 1.29 is 17.5 Å². The van der Waals surface area contributed by atoms with Gasteiger partial charge in [-0.1, -0.05) is 36.7 Å². The first-order valence-electron chi connectivity index (χ1n) is 7.64. The Morgan fingerprint density at radius 2 is 1.80 bits per heavy atom. The summed E-state index contributed by atoms with van der Waals surface area (Å²) >= 11 is 12.5. The van der Waals surface area contributed by atoms with E-state index in [1.165, 1.54) is 25.1 Å². The number of aryl methyl sites for hydroxylation is 1. The minimum absolute atomic E-state index is 0.0268. The van der Waals surface area contributed by atoms with E-state index >= 15 is 0 Å². The smallest absolute Gasteiger partial charge is 0.293 e. The van der Waals surface area contributed by atoms with Crippen molar-refractivity contribution in [1.82, 2.24) is 0 Å². The fourth-order valence-corrected chi connectivity index (χ4v) is 3.45. The van der Waals surface area contributed by atoms with Crippen LogP contribution >= 0.6 is 23.2 Å². The summed E-state index contributed by atoms with van der Waals surface area (Å²) in [4.78, 5) is 10.9. The highest BCUT2D eigenvalue weighted by atomic mass is 35.5. The normalized spacial score (nSPS) is 26.0. The summed E-state index contributed by atoms with van der Waals surface area (Å²) in [6.45, 7) is 6.99. The first-order valence-corrected chi connectivity index (χ1v) is 9.86. The summed E-state index contributed by atoms with van der Waals surface area (Å²) in [5.41, 5.74) is 1.43. The number of carbonyl (C=O) groups is 1. The van der Waals surface area contributed by atoms with E-state index in [2.05, 4.69) is 5.16 Å². The molecule has 1 aromatic rings. The lowest BCUT2D eigenvalue weighted by Crippen LogP contribution is -2.47. The molecule has 0 spiro atoms. The van der Waals surface area contributed by atoms with Gasteiger partial charge in [-0.3, -0.25) is 9.08 Å². The molecule has 1 aromatic carbocycles. The van der Waals surface area contributed by atoms with Gasteiger partial charge in [0.1, 0.15) is 20.9 Å². The molecule has 0 saturated carbocycles. The van der Waals surface area contributed by atoms with Gasteiger partial charge in [-0.25, -0.2) is 0 Å². The van der Waals surface area contributed by atoms with Gasteiger partial charge in [0.25, 0.3) is 0 Å². The SMILES string of the molecule is Cc1ccc(S(=O)(=O)ON=C2C=C(C(C)C)C(=O)C(Cl)C2(C)Cl)cc1. The van der Waals surface area contributed by atoms with Crippen LogP contribution in [-0.4, -0.2) is 30.2 Å². The van der Waals surface area contributed by atoms with E-state index < -0.39 is 20.4 Å². The molecular formula is C17H19Cl2NO4S. The monoisotopic (exact) mass is 403 g/mol. The Hall–Kier alpha value is -1.37. The summed E-state index contributed by atoms with van der Waals surface area (Å²) in [5.74, 6) is -0.407. The van der Waals surface area contributed by atoms with Crippen LogP contribution in [0.5, 0.6) is 0 Å². The number of ketones is 1. The van der Waals surface area contributed by atoms with Crippen LogP contribution in [0.15, 0.2) is 46.0 Å². The van der Waals surface area contributed by atoms with E-state index in [-0.39, 0.29) is 22.3 Å². The molecular weight excluding hydrogens is 385 g/mol. The van der Waals surface area contributed by atoms with E-state index in [1.807, 2.05) is 20.8 Å². The molecule has 2 unspecified atom stereocenters. The van der Waals surface area contributed by atoms with E-state index in [9.17, 15) is 13.2 Å². The molecule has 1 aliphatic rings. The second-order valence-electron chi connectivity index (χ2n) is 6.38. The maximum Gasteiger partial charge on any atom is 0.358 e. The molecule has 5 nitrogen and oxygen atoms in total. The van der Waals surface area contributed by atoms with E-state index in [0.717, 1.165) is 5.56 Å². The first-order chi connectivity index (χ1) is 11.5. The lowest BCUT2D eigenvalue weighted by Gasteiger charge is -2.32. The van der Waals surface area contributed by atoms with Crippen LogP contribution in [0.1, 0.15) is 26.3 Å². The highest BCUT2D eigenvalue weighted by molar-refractivity contribution is 7.86. The van der Waals surface area contributed by atoms with E-state index in [0.29, 0.717) is 5.57 Å². The molecule has 0 fully saturated rings. The van der Waals surface area contributed by atoms with Crippen LogP contribution in [0.2, 0.25) is 0 Å². The Labute approximate surface area is 157 Å². The fraction of sp³-hybridized carbons (Fsp3) is 0.412. The molecule has 1 aliphatic carbocycles. The van der Waals surface area contributed by atoms with Crippen molar-refractivity contribution in [2.24, 2.45) is 11.1 Å². The number of alkyl halides is 2. The van der Waals surface area contributed by atoms with E-state index in [1.54, 1.807) is 12.1 Å². The molecule has 136 valence electrons. The van der Waals surface area contributed by atoms with Crippen molar-refractivity contribution in [2.75, 3.05) is 0 Å². The molecule has 0 bridgehead atoms. The minimum Gasteiger partial charge on any atom is -0.293 e. The number of rotatable bonds is 4. The quantitative estimate of drug-likeness (QED) is 0.565. The van der Waals surface area contributed by atoms with Crippen molar-refractivity contribution in [2.45, 2.75) is 42.8 Å². The van der Waals surface area contributed by atoms with Gasteiger partial charge in [-0.2, -0.15) is 8.42 Å². The van der Waals surface area contributed by atoms with Gasteiger partial charge < -0.3 is 0 Å². The van der Waals surface area contributed by atoms with Crippen LogP contribution < -0.4 is 0 Å². The number of carbonyl (C=O) groups excluding carboxylic acids is 1. The highest BCUT2D eigenvalue weighted by Gasteiger charge is 2.46. The van der Waals surface area contributed by atoms with Crippen LogP contribution in [0.25, 0.3) is 0 Å². The molecule has 25 heavy (non-hydrogen) atoms. The molecule has 0 N–H and O–H groups in total. The molecule has 2 atom stereocenters. The predicted octanol–water partition coefficient (Wildman–Crippen LogP) is 3.83. The second-order valence-corrected chi connectivity index (χ2v) is 9.13. The Morgan fingerprint density at radius 1 is 1.24 bits per heavy atom. The number of halogens is 2. The molecule has 0 aliphatic heterocycles. The van der Waals surface area contributed by atoms with Crippen LogP contribution in [0, 0.1) is 12.8 Å². The van der Waals surface area contributed by atoms with Crippen molar-refractivity contribution >= 4 is 44.8 Å². The standard InChI is InChI=1S/C17H19Cl2NO4S/c1-10(2)13-9-14(17(4,19)16(18)15(13)21)20-24-25(22,23)12-7-5-11(3)6-8-12/h5-10,16H,1-4H3. The zero-order chi connectivity index (χ0) is 19.0. The third kappa shape index (κ3) is 4.07. The first kappa shape index (κ1) is 19.9. The summed E-state index contributed by atoms with van der Waals surface area (Å²) in [6.07, 6.45) is 1.45. The van der Waals surface area contributed by atoms with Gasteiger partial charge in [0, 0.05) is 5.57 Å². The van der Waals surface area contributed by atoms with Crippen molar-refractivity contribution in [3.05, 3.63) is 41.5 Å². The number of allylic oxidation sites excluding steroid dienone is 2. The van der Waals surface area contributed by atoms with Gasteiger partial charge in [-0.15, -0.1) is 23.2 Å². The molecule has 0 aromatic heterocycles. The topological polar surface area (TPSA) is 72.8 Å². The number of oxime groups is 1. The Balaban J connectivity index is 2.41.